The van der Waals surface area contributed by atoms with Crippen molar-refractivity contribution in [2.24, 2.45) is 0 Å². The van der Waals surface area contributed by atoms with Crippen LogP contribution in [-0.2, 0) is 9.53 Å². The van der Waals surface area contributed by atoms with E-state index in [9.17, 15) is 9.59 Å². The Morgan fingerprint density at radius 1 is 1.45 bits per heavy atom. The van der Waals surface area contributed by atoms with Crippen LogP contribution in [0.5, 0.6) is 0 Å². The van der Waals surface area contributed by atoms with Crippen molar-refractivity contribution in [3.05, 3.63) is 36.4 Å². The van der Waals surface area contributed by atoms with Crippen LogP contribution in [-0.4, -0.2) is 33.9 Å². The number of hydrogen-bond acceptors (Lipinski definition) is 4. The highest BCUT2D eigenvalue weighted by Crippen LogP contribution is 2.08. The van der Waals surface area contributed by atoms with Crippen molar-refractivity contribution in [2.45, 2.75) is 26.3 Å². The van der Waals surface area contributed by atoms with Crippen molar-refractivity contribution >= 4 is 17.4 Å². The maximum absolute atomic E-state index is 11.8. The van der Waals surface area contributed by atoms with Crippen molar-refractivity contribution in [1.82, 2.24) is 14.7 Å². The summed E-state index contributed by atoms with van der Waals surface area (Å²) < 4.78 is 6.87. The highest BCUT2D eigenvalue weighted by atomic mass is 16.5. The zero-order valence-corrected chi connectivity index (χ0v) is 11.5. The average molecular weight is 275 g/mol. The van der Waals surface area contributed by atoms with Gasteiger partial charge in [-0.25, -0.2) is 9.78 Å². The van der Waals surface area contributed by atoms with Crippen LogP contribution in [0, 0.1) is 0 Å². The average Bonchev–Trinajstić information content (AvgIpc) is 2.84. The van der Waals surface area contributed by atoms with Gasteiger partial charge < -0.3 is 14.5 Å². The number of nitrogens with zero attached hydrogens (tertiary/aromatic N) is 2. The number of pyridine rings is 1. The third kappa shape index (κ3) is 3.57. The molecule has 2 rings (SSSR count). The normalized spacial score (nSPS) is 10.8. The first kappa shape index (κ1) is 14.0. The Morgan fingerprint density at radius 3 is 3.00 bits per heavy atom. The van der Waals surface area contributed by atoms with Gasteiger partial charge in [0.05, 0.1) is 30.0 Å². The van der Waals surface area contributed by atoms with E-state index < -0.39 is 5.97 Å². The number of amides is 1. The van der Waals surface area contributed by atoms with Crippen LogP contribution >= 0.6 is 0 Å². The van der Waals surface area contributed by atoms with Crippen molar-refractivity contribution in [2.75, 3.05) is 6.61 Å². The van der Waals surface area contributed by atoms with Gasteiger partial charge >= 0.3 is 5.97 Å². The zero-order valence-electron chi connectivity index (χ0n) is 11.5. The van der Waals surface area contributed by atoms with Crippen molar-refractivity contribution in [3.63, 3.8) is 0 Å². The fourth-order valence-corrected chi connectivity index (χ4v) is 1.76. The predicted octanol–water partition coefficient (Wildman–Crippen LogP) is 1.41. The topological polar surface area (TPSA) is 72.7 Å². The molecule has 0 saturated carbocycles. The van der Waals surface area contributed by atoms with Gasteiger partial charge in [-0.05, 0) is 26.0 Å². The lowest BCUT2D eigenvalue weighted by molar-refractivity contribution is -0.122. The Hall–Kier alpha value is -2.37. The van der Waals surface area contributed by atoms with E-state index >= 15 is 0 Å². The summed E-state index contributed by atoms with van der Waals surface area (Å²) in [6.07, 6.45) is 5.22. The molecule has 0 aliphatic rings. The monoisotopic (exact) mass is 275 g/mol. The molecule has 0 atom stereocenters. The van der Waals surface area contributed by atoms with Crippen LogP contribution in [0.1, 0.15) is 30.6 Å². The SMILES string of the molecule is CC(C)NC(=O)CCOC(=O)c1ccn2cncc2c1. The van der Waals surface area contributed by atoms with Crippen molar-refractivity contribution in [1.29, 1.82) is 0 Å². The number of hydrogen-bond donors (Lipinski definition) is 1. The molecule has 106 valence electrons. The minimum absolute atomic E-state index is 0.0713. The second kappa shape index (κ2) is 6.18. The van der Waals surface area contributed by atoms with E-state index in [1.165, 1.54) is 0 Å². The van der Waals surface area contributed by atoms with Crippen molar-refractivity contribution < 1.29 is 14.3 Å². The third-order valence-corrected chi connectivity index (χ3v) is 2.66. The summed E-state index contributed by atoms with van der Waals surface area (Å²) in [6, 6.07) is 3.44. The maximum atomic E-state index is 11.8. The van der Waals surface area contributed by atoms with Gasteiger partial charge in [-0.3, -0.25) is 4.79 Å². The lowest BCUT2D eigenvalue weighted by Gasteiger charge is -2.08. The Bertz CT molecular complexity index is 619. The third-order valence-electron chi connectivity index (χ3n) is 2.66. The molecule has 0 radical (unpaired) electrons. The molecule has 20 heavy (non-hydrogen) atoms. The van der Waals surface area contributed by atoms with Gasteiger partial charge in [0.2, 0.25) is 5.91 Å². The Kier molecular flexibility index (Phi) is 4.34. The number of fused-ring (bicyclic) bond motifs is 1. The lowest BCUT2D eigenvalue weighted by Crippen LogP contribution is -2.31. The van der Waals surface area contributed by atoms with Crippen molar-refractivity contribution in [3.8, 4) is 0 Å². The van der Waals surface area contributed by atoms with Gasteiger partial charge in [-0.15, -0.1) is 0 Å². The predicted molar refractivity (Wildman–Crippen MR) is 73.4 cm³/mol. The van der Waals surface area contributed by atoms with E-state index in [0.717, 1.165) is 5.52 Å². The first-order chi connectivity index (χ1) is 9.56. The smallest absolute Gasteiger partial charge is 0.338 e. The van der Waals surface area contributed by atoms with Gasteiger partial charge in [0.15, 0.2) is 0 Å². The molecule has 0 aliphatic heterocycles. The Balaban J connectivity index is 1.87. The second-order valence-electron chi connectivity index (χ2n) is 4.75. The molecule has 2 aromatic heterocycles. The molecular weight excluding hydrogens is 258 g/mol. The standard InChI is InChI=1S/C14H17N3O3/c1-10(2)16-13(18)4-6-20-14(19)11-3-5-17-9-15-8-12(17)7-11/h3,5,7-10H,4,6H2,1-2H3,(H,16,18). The number of imidazole rings is 1. The van der Waals surface area contributed by atoms with Crippen LogP contribution in [0.4, 0.5) is 0 Å². The largest absolute Gasteiger partial charge is 0.462 e. The van der Waals surface area contributed by atoms with Crippen LogP contribution in [0.25, 0.3) is 5.52 Å². The molecule has 0 bridgehead atoms. The molecule has 0 aliphatic carbocycles. The van der Waals surface area contributed by atoms with Crippen LogP contribution in [0.15, 0.2) is 30.9 Å². The summed E-state index contributed by atoms with van der Waals surface area (Å²) in [4.78, 5) is 27.2. The quantitative estimate of drug-likeness (QED) is 0.837. The fourth-order valence-electron chi connectivity index (χ4n) is 1.76. The van der Waals surface area contributed by atoms with Gasteiger partial charge in [-0.1, -0.05) is 0 Å². The molecule has 0 saturated heterocycles. The highest BCUT2D eigenvalue weighted by Gasteiger charge is 2.10. The molecule has 0 fully saturated rings. The molecule has 2 heterocycles. The van der Waals surface area contributed by atoms with Crippen LogP contribution in [0.2, 0.25) is 0 Å². The molecule has 1 N–H and O–H groups in total. The summed E-state index contributed by atoms with van der Waals surface area (Å²) >= 11 is 0. The summed E-state index contributed by atoms with van der Waals surface area (Å²) in [6.45, 7) is 3.83. The Labute approximate surface area is 116 Å². The van der Waals surface area contributed by atoms with Gasteiger partial charge in [-0.2, -0.15) is 0 Å². The number of rotatable bonds is 5. The molecule has 0 unspecified atom stereocenters. The van der Waals surface area contributed by atoms with Gasteiger partial charge in [0.1, 0.15) is 6.61 Å². The summed E-state index contributed by atoms with van der Waals surface area (Å²) in [7, 11) is 0. The zero-order chi connectivity index (χ0) is 14.5. The summed E-state index contributed by atoms with van der Waals surface area (Å²) in [5.41, 5.74) is 1.26. The van der Waals surface area contributed by atoms with Crippen LogP contribution in [0.3, 0.4) is 0 Å². The number of nitrogens with one attached hydrogen (secondary N) is 1. The summed E-state index contributed by atoms with van der Waals surface area (Å²) in [5.74, 6) is -0.565. The second-order valence-corrected chi connectivity index (χ2v) is 4.75. The number of aromatic nitrogens is 2. The lowest BCUT2D eigenvalue weighted by atomic mass is 10.2. The molecule has 6 heteroatoms. The minimum atomic E-state index is -0.439. The molecule has 6 nitrogen and oxygen atoms in total. The number of carbonyl (C=O) groups is 2. The molecular formula is C14H17N3O3. The van der Waals surface area contributed by atoms with Gasteiger partial charge in [0.25, 0.3) is 0 Å². The fraction of sp³-hybridized carbons (Fsp3) is 0.357. The number of ether oxygens (including phenoxy) is 1. The highest BCUT2D eigenvalue weighted by molar-refractivity contribution is 5.90. The Morgan fingerprint density at radius 2 is 2.25 bits per heavy atom. The van der Waals surface area contributed by atoms with E-state index in [2.05, 4.69) is 10.3 Å². The molecule has 1 amide bonds. The van der Waals surface area contributed by atoms with E-state index in [0.29, 0.717) is 5.56 Å². The summed E-state index contributed by atoms with van der Waals surface area (Å²) in [5, 5.41) is 2.74. The molecule has 0 aromatic carbocycles. The van der Waals surface area contributed by atoms with E-state index in [-0.39, 0.29) is 25.0 Å². The van der Waals surface area contributed by atoms with Gasteiger partial charge in [0, 0.05) is 12.2 Å². The van der Waals surface area contributed by atoms with E-state index in [1.54, 1.807) is 35.3 Å². The molecule has 2 aromatic rings. The minimum Gasteiger partial charge on any atom is -0.462 e. The number of esters is 1. The first-order valence-electron chi connectivity index (χ1n) is 6.44. The molecule has 0 spiro atoms. The van der Waals surface area contributed by atoms with E-state index in [4.69, 9.17) is 4.74 Å². The number of carbonyl (C=O) groups excluding carboxylic acids is 2. The van der Waals surface area contributed by atoms with Crippen LogP contribution < -0.4 is 5.32 Å². The van der Waals surface area contributed by atoms with E-state index in [1.807, 2.05) is 13.8 Å². The first-order valence-corrected chi connectivity index (χ1v) is 6.44. The maximum Gasteiger partial charge on any atom is 0.338 e.